The molecule has 20 heavy (non-hydrogen) atoms. The van der Waals surface area contributed by atoms with Gasteiger partial charge in [0.05, 0.1) is 5.69 Å². The Morgan fingerprint density at radius 2 is 1.80 bits per heavy atom. The van der Waals surface area contributed by atoms with Gasteiger partial charge in [0, 0.05) is 15.7 Å². The number of hydrogen-bond donors (Lipinski definition) is 2. The predicted molar refractivity (Wildman–Crippen MR) is 87.2 cm³/mol. The highest BCUT2D eigenvalue weighted by molar-refractivity contribution is 9.10. The van der Waals surface area contributed by atoms with Crippen LogP contribution in [0.15, 0.2) is 34.8 Å². The van der Waals surface area contributed by atoms with Gasteiger partial charge in [-0.1, -0.05) is 17.7 Å². The second-order valence-electron chi connectivity index (χ2n) is 4.96. The molecule has 0 aliphatic carbocycles. The molecule has 4 heteroatoms. The van der Waals surface area contributed by atoms with Crippen LogP contribution >= 0.6 is 15.9 Å². The second-order valence-corrected chi connectivity index (χ2v) is 5.82. The van der Waals surface area contributed by atoms with E-state index in [9.17, 15) is 4.79 Å². The number of anilines is 2. The summed E-state index contributed by atoms with van der Waals surface area (Å²) in [7, 11) is 0. The summed E-state index contributed by atoms with van der Waals surface area (Å²) in [6, 6.07) is 9.49. The maximum Gasteiger partial charge on any atom is 0.255 e. The van der Waals surface area contributed by atoms with Crippen molar-refractivity contribution in [3.8, 4) is 0 Å². The van der Waals surface area contributed by atoms with Crippen molar-refractivity contribution in [2.24, 2.45) is 0 Å². The standard InChI is InChI=1S/C16H17BrN2O/c1-9-4-5-10(2)12(6-9)16(20)19-15-8-14(18)11(3)7-13(15)17/h4-8H,18H2,1-3H3,(H,19,20). The summed E-state index contributed by atoms with van der Waals surface area (Å²) in [5, 5.41) is 2.90. The van der Waals surface area contributed by atoms with Crippen LogP contribution < -0.4 is 11.1 Å². The summed E-state index contributed by atoms with van der Waals surface area (Å²) < 4.78 is 0.822. The monoisotopic (exact) mass is 332 g/mol. The average Bonchev–Trinajstić information content (AvgIpc) is 2.38. The molecule has 0 atom stereocenters. The lowest BCUT2D eigenvalue weighted by Crippen LogP contribution is -2.14. The fourth-order valence-corrected chi connectivity index (χ4v) is 2.51. The Morgan fingerprint density at radius 3 is 2.50 bits per heavy atom. The zero-order chi connectivity index (χ0) is 14.9. The number of nitrogen functional groups attached to an aromatic ring is 1. The van der Waals surface area contributed by atoms with Gasteiger partial charge in [-0.15, -0.1) is 0 Å². The zero-order valence-corrected chi connectivity index (χ0v) is 13.3. The first kappa shape index (κ1) is 14.6. The molecule has 104 valence electrons. The van der Waals surface area contributed by atoms with E-state index in [-0.39, 0.29) is 5.91 Å². The van der Waals surface area contributed by atoms with E-state index in [1.165, 1.54) is 0 Å². The van der Waals surface area contributed by atoms with Crippen LogP contribution in [0.1, 0.15) is 27.0 Å². The van der Waals surface area contributed by atoms with Gasteiger partial charge in [0.15, 0.2) is 0 Å². The Hall–Kier alpha value is -1.81. The Labute approximate surface area is 127 Å². The maximum absolute atomic E-state index is 12.4. The van der Waals surface area contributed by atoms with Gasteiger partial charge < -0.3 is 11.1 Å². The zero-order valence-electron chi connectivity index (χ0n) is 11.8. The van der Waals surface area contributed by atoms with Gasteiger partial charge in [-0.3, -0.25) is 4.79 Å². The third-order valence-corrected chi connectivity index (χ3v) is 3.90. The van der Waals surface area contributed by atoms with E-state index in [1.54, 1.807) is 6.07 Å². The highest BCUT2D eigenvalue weighted by Crippen LogP contribution is 2.28. The van der Waals surface area contributed by atoms with Crippen LogP contribution in [-0.2, 0) is 0 Å². The van der Waals surface area contributed by atoms with Crippen LogP contribution in [0.2, 0.25) is 0 Å². The number of carbonyl (C=O) groups is 1. The number of benzene rings is 2. The number of nitrogens with one attached hydrogen (secondary N) is 1. The van der Waals surface area contributed by atoms with Gasteiger partial charge in [-0.2, -0.15) is 0 Å². The number of carbonyl (C=O) groups excluding carboxylic acids is 1. The third-order valence-electron chi connectivity index (χ3n) is 3.24. The largest absolute Gasteiger partial charge is 0.398 e. The number of nitrogens with two attached hydrogens (primary N) is 1. The smallest absolute Gasteiger partial charge is 0.255 e. The van der Waals surface area contributed by atoms with Crippen molar-refractivity contribution in [1.82, 2.24) is 0 Å². The van der Waals surface area contributed by atoms with Crippen molar-refractivity contribution >= 4 is 33.2 Å². The summed E-state index contributed by atoms with van der Waals surface area (Å²) in [6.45, 7) is 5.82. The maximum atomic E-state index is 12.4. The lowest BCUT2D eigenvalue weighted by molar-refractivity contribution is 0.102. The molecule has 0 unspecified atom stereocenters. The van der Waals surface area contributed by atoms with E-state index in [0.29, 0.717) is 16.9 Å². The van der Waals surface area contributed by atoms with E-state index in [1.807, 2.05) is 45.0 Å². The van der Waals surface area contributed by atoms with Crippen LogP contribution in [0.4, 0.5) is 11.4 Å². The highest BCUT2D eigenvalue weighted by atomic mass is 79.9. The molecule has 0 aromatic heterocycles. The van der Waals surface area contributed by atoms with E-state index in [4.69, 9.17) is 5.73 Å². The van der Waals surface area contributed by atoms with Crippen LogP contribution in [-0.4, -0.2) is 5.91 Å². The van der Waals surface area contributed by atoms with Crippen molar-refractivity contribution in [1.29, 1.82) is 0 Å². The number of hydrogen-bond acceptors (Lipinski definition) is 2. The molecule has 3 nitrogen and oxygen atoms in total. The first-order chi connectivity index (χ1) is 9.38. The van der Waals surface area contributed by atoms with Crippen molar-refractivity contribution < 1.29 is 4.79 Å². The summed E-state index contributed by atoms with van der Waals surface area (Å²) in [4.78, 5) is 12.4. The molecule has 0 heterocycles. The van der Waals surface area contributed by atoms with Gasteiger partial charge in [-0.05, 0) is 66.0 Å². The molecule has 0 aliphatic heterocycles. The summed E-state index contributed by atoms with van der Waals surface area (Å²) in [6.07, 6.45) is 0. The SMILES string of the molecule is Cc1ccc(C)c(C(=O)Nc2cc(N)c(C)cc2Br)c1. The van der Waals surface area contributed by atoms with Crippen molar-refractivity contribution in [2.45, 2.75) is 20.8 Å². The van der Waals surface area contributed by atoms with Crippen LogP contribution in [0, 0.1) is 20.8 Å². The van der Waals surface area contributed by atoms with E-state index < -0.39 is 0 Å². The Bertz CT molecular complexity index is 680. The highest BCUT2D eigenvalue weighted by Gasteiger charge is 2.12. The second kappa shape index (κ2) is 5.67. The minimum atomic E-state index is -0.129. The van der Waals surface area contributed by atoms with Crippen molar-refractivity contribution in [3.63, 3.8) is 0 Å². The number of amides is 1. The van der Waals surface area contributed by atoms with Crippen LogP contribution in [0.5, 0.6) is 0 Å². The quantitative estimate of drug-likeness (QED) is 0.809. The molecule has 2 rings (SSSR count). The topological polar surface area (TPSA) is 55.1 Å². The van der Waals surface area contributed by atoms with Gasteiger partial charge in [-0.25, -0.2) is 0 Å². The summed E-state index contributed by atoms with van der Waals surface area (Å²) >= 11 is 3.45. The third kappa shape index (κ3) is 3.02. The van der Waals surface area contributed by atoms with Gasteiger partial charge in [0.25, 0.3) is 5.91 Å². The Balaban J connectivity index is 2.32. The molecule has 2 aromatic rings. The molecule has 1 amide bonds. The first-order valence-electron chi connectivity index (χ1n) is 6.32. The molecule has 0 radical (unpaired) electrons. The molecule has 3 N–H and O–H groups in total. The van der Waals surface area contributed by atoms with E-state index in [2.05, 4.69) is 21.2 Å². The Kier molecular flexibility index (Phi) is 4.14. The Morgan fingerprint density at radius 1 is 1.10 bits per heavy atom. The average molecular weight is 333 g/mol. The molecular weight excluding hydrogens is 316 g/mol. The molecule has 0 saturated carbocycles. The lowest BCUT2D eigenvalue weighted by Gasteiger charge is -2.12. The predicted octanol–water partition coefficient (Wildman–Crippen LogP) is 4.21. The number of rotatable bonds is 2. The van der Waals surface area contributed by atoms with Gasteiger partial charge >= 0.3 is 0 Å². The van der Waals surface area contributed by atoms with Crippen molar-refractivity contribution in [3.05, 3.63) is 57.1 Å². The van der Waals surface area contributed by atoms with E-state index in [0.717, 1.165) is 21.2 Å². The molecule has 0 bridgehead atoms. The molecule has 0 fully saturated rings. The minimum Gasteiger partial charge on any atom is -0.398 e. The normalized spacial score (nSPS) is 10.4. The molecular formula is C16H17BrN2O. The van der Waals surface area contributed by atoms with Gasteiger partial charge in [0.1, 0.15) is 0 Å². The van der Waals surface area contributed by atoms with Crippen LogP contribution in [0.3, 0.4) is 0 Å². The minimum absolute atomic E-state index is 0.129. The number of halogens is 1. The van der Waals surface area contributed by atoms with Crippen molar-refractivity contribution in [2.75, 3.05) is 11.1 Å². The summed E-state index contributed by atoms with van der Waals surface area (Å²) in [5.74, 6) is -0.129. The van der Waals surface area contributed by atoms with E-state index >= 15 is 0 Å². The molecule has 0 aliphatic rings. The number of aryl methyl sites for hydroxylation is 3. The summed E-state index contributed by atoms with van der Waals surface area (Å²) in [5.41, 5.74) is 10.9. The molecule has 0 saturated heterocycles. The fourth-order valence-electron chi connectivity index (χ4n) is 1.96. The molecule has 0 spiro atoms. The lowest BCUT2D eigenvalue weighted by atomic mass is 10.0. The molecule has 2 aromatic carbocycles. The van der Waals surface area contributed by atoms with Crippen LogP contribution in [0.25, 0.3) is 0 Å². The van der Waals surface area contributed by atoms with Gasteiger partial charge in [0.2, 0.25) is 0 Å². The fraction of sp³-hybridized carbons (Fsp3) is 0.188. The first-order valence-corrected chi connectivity index (χ1v) is 7.12.